The number of hydrogen-bond acceptors (Lipinski definition) is 5. The summed E-state index contributed by atoms with van der Waals surface area (Å²) in [4.78, 5) is 24.3. The van der Waals surface area contributed by atoms with E-state index in [-0.39, 0.29) is 28.9 Å². The largest absolute Gasteiger partial charge is 0.393 e. The van der Waals surface area contributed by atoms with Gasteiger partial charge in [-0.05, 0) is 18.9 Å². The average molecular weight is 279 g/mol. The molecule has 0 radical (unpaired) electrons. The van der Waals surface area contributed by atoms with E-state index < -0.39 is 4.92 Å². The predicted molar refractivity (Wildman–Crippen MR) is 73.4 cm³/mol. The number of hydrogen-bond donors (Lipinski definition) is 1. The van der Waals surface area contributed by atoms with Gasteiger partial charge in [0, 0.05) is 32.4 Å². The molecule has 2 rings (SSSR count). The SMILES string of the molecule is CN(C(=O)c1cccc([N+](=O)[O-])c1N)C1CCOCC1. The van der Waals surface area contributed by atoms with Gasteiger partial charge in [0.25, 0.3) is 11.6 Å². The fraction of sp³-hybridized carbons (Fsp3) is 0.462. The fourth-order valence-electron chi connectivity index (χ4n) is 2.33. The summed E-state index contributed by atoms with van der Waals surface area (Å²) in [6, 6.07) is 4.36. The Hall–Kier alpha value is -2.15. The summed E-state index contributed by atoms with van der Waals surface area (Å²) in [5, 5.41) is 10.9. The van der Waals surface area contributed by atoms with Crippen LogP contribution in [0.15, 0.2) is 18.2 Å². The highest BCUT2D eigenvalue weighted by atomic mass is 16.6. The van der Waals surface area contributed by atoms with Gasteiger partial charge in [0.15, 0.2) is 0 Å². The van der Waals surface area contributed by atoms with Crippen LogP contribution in [0.4, 0.5) is 11.4 Å². The van der Waals surface area contributed by atoms with E-state index in [0.29, 0.717) is 13.2 Å². The maximum absolute atomic E-state index is 12.4. The third kappa shape index (κ3) is 2.72. The van der Waals surface area contributed by atoms with Crippen LogP contribution in [0.3, 0.4) is 0 Å². The molecule has 7 heteroatoms. The zero-order valence-electron chi connectivity index (χ0n) is 11.2. The fourth-order valence-corrected chi connectivity index (χ4v) is 2.33. The lowest BCUT2D eigenvalue weighted by molar-refractivity contribution is -0.383. The van der Waals surface area contributed by atoms with Crippen LogP contribution in [0.2, 0.25) is 0 Å². The molecule has 0 atom stereocenters. The molecule has 0 bridgehead atoms. The summed E-state index contributed by atoms with van der Waals surface area (Å²) in [5.74, 6) is -0.293. The number of nitrogen functional groups attached to an aromatic ring is 1. The average Bonchev–Trinajstić information content (AvgIpc) is 2.46. The molecule has 0 saturated carbocycles. The molecule has 1 aromatic carbocycles. The van der Waals surface area contributed by atoms with Crippen molar-refractivity contribution in [2.75, 3.05) is 26.0 Å². The maximum atomic E-state index is 12.4. The van der Waals surface area contributed by atoms with Gasteiger partial charge >= 0.3 is 0 Å². The Bertz CT molecular complexity index is 526. The van der Waals surface area contributed by atoms with Gasteiger partial charge in [-0.3, -0.25) is 14.9 Å². The second-order valence-electron chi connectivity index (χ2n) is 4.76. The summed E-state index contributed by atoms with van der Waals surface area (Å²) in [5.41, 5.74) is 5.59. The van der Waals surface area contributed by atoms with Crippen LogP contribution < -0.4 is 5.73 Å². The number of carbonyl (C=O) groups excluding carboxylic acids is 1. The molecule has 1 amide bonds. The van der Waals surface area contributed by atoms with Crippen molar-refractivity contribution in [1.82, 2.24) is 4.90 Å². The van der Waals surface area contributed by atoms with Gasteiger partial charge in [-0.15, -0.1) is 0 Å². The summed E-state index contributed by atoms with van der Waals surface area (Å²) in [6.45, 7) is 1.24. The Morgan fingerprint density at radius 2 is 2.10 bits per heavy atom. The van der Waals surface area contributed by atoms with Crippen molar-refractivity contribution >= 4 is 17.3 Å². The normalized spacial score (nSPS) is 15.8. The number of nitrogens with zero attached hydrogens (tertiary/aromatic N) is 2. The summed E-state index contributed by atoms with van der Waals surface area (Å²) >= 11 is 0. The monoisotopic (exact) mass is 279 g/mol. The Balaban J connectivity index is 2.24. The second-order valence-corrected chi connectivity index (χ2v) is 4.76. The molecule has 1 aromatic rings. The van der Waals surface area contributed by atoms with E-state index in [0.717, 1.165) is 12.8 Å². The van der Waals surface area contributed by atoms with E-state index in [4.69, 9.17) is 10.5 Å². The standard InChI is InChI=1S/C13H17N3O4/c1-15(9-5-7-20-8-6-9)13(17)10-3-2-4-11(12(10)14)16(18)19/h2-4,9H,5-8,14H2,1H3. The third-order valence-corrected chi connectivity index (χ3v) is 3.57. The van der Waals surface area contributed by atoms with E-state index in [1.165, 1.54) is 18.2 Å². The van der Waals surface area contributed by atoms with Gasteiger partial charge in [0.1, 0.15) is 5.69 Å². The smallest absolute Gasteiger partial charge is 0.292 e. The quantitative estimate of drug-likeness (QED) is 0.512. The minimum absolute atomic E-state index is 0.0786. The van der Waals surface area contributed by atoms with Crippen LogP contribution in [-0.2, 0) is 4.74 Å². The molecule has 0 aromatic heterocycles. The molecule has 7 nitrogen and oxygen atoms in total. The van der Waals surface area contributed by atoms with Crippen LogP contribution >= 0.6 is 0 Å². The van der Waals surface area contributed by atoms with Crippen molar-refractivity contribution in [3.63, 3.8) is 0 Å². The van der Waals surface area contributed by atoms with Gasteiger partial charge in [-0.2, -0.15) is 0 Å². The number of para-hydroxylation sites is 1. The van der Waals surface area contributed by atoms with Gasteiger partial charge in [0.05, 0.1) is 10.5 Å². The molecule has 20 heavy (non-hydrogen) atoms. The number of nitrogens with two attached hydrogens (primary N) is 1. The molecule has 1 aliphatic rings. The number of nitro benzene ring substituents is 1. The van der Waals surface area contributed by atoms with E-state index in [1.807, 2.05) is 0 Å². The Morgan fingerprint density at radius 3 is 2.70 bits per heavy atom. The zero-order valence-corrected chi connectivity index (χ0v) is 11.2. The number of benzene rings is 1. The Morgan fingerprint density at radius 1 is 1.45 bits per heavy atom. The maximum Gasteiger partial charge on any atom is 0.292 e. The topological polar surface area (TPSA) is 98.7 Å². The van der Waals surface area contributed by atoms with Crippen molar-refractivity contribution in [3.8, 4) is 0 Å². The van der Waals surface area contributed by atoms with Crippen molar-refractivity contribution in [3.05, 3.63) is 33.9 Å². The lowest BCUT2D eigenvalue weighted by Gasteiger charge is -2.31. The third-order valence-electron chi connectivity index (χ3n) is 3.57. The van der Waals surface area contributed by atoms with Gasteiger partial charge in [0.2, 0.25) is 0 Å². The zero-order chi connectivity index (χ0) is 14.7. The molecule has 0 unspecified atom stereocenters. The Kier molecular flexibility index (Phi) is 4.19. The van der Waals surface area contributed by atoms with Crippen LogP contribution in [0.1, 0.15) is 23.2 Å². The Labute approximate surface area is 116 Å². The van der Waals surface area contributed by atoms with E-state index in [9.17, 15) is 14.9 Å². The summed E-state index contributed by atoms with van der Waals surface area (Å²) in [7, 11) is 1.69. The number of nitro groups is 1. The molecular weight excluding hydrogens is 262 g/mol. The van der Waals surface area contributed by atoms with Crippen LogP contribution in [0.25, 0.3) is 0 Å². The lowest BCUT2D eigenvalue weighted by atomic mass is 10.1. The number of anilines is 1. The lowest BCUT2D eigenvalue weighted by Crippen LogP contribution is -2.40. The van der Waals surface area contributed by atoms with Crippen molar-refractivity contribution in [2.45, 2.75) is 18.9 Å². The summed E-state index contributed by atoms with van der Waals surface area (Å²) in [6.07, 6.45) is 1.52. The number of carbonyl (C=O) groups is 1. The van der Waals surface area contributed by atoms with Gasteiger partial charge in [-0.25, -0.2) is 0 Å². The van der Waals surface area contributed by atoms with Crippen molar-refractivity contribution in [1.29, 1.82) is 0 Å². The van der Waals surface area contributed by atoms with Crippen LogP contribution in [0, 0.1) is 10.1 Å². The molecular formula is C13H17N3O4. The van der Waals surface area contributed by atoms with E-state index in [2.05, 4.69) is 0 Å². The number of amides is 1. The van der Waals surface area contributed by atoms with E-state index >= 15 is 0 Å². The highest BCUT2D eigenvalue weighted by Crippen LogP contribution is 2.26. The molecule has 108 valence electrons. The van der Waals surface area contributed by atoms with Gasteiger partial charge in [-0.1, -0.05) is 6.07 Å². The molecule has 1 heterocycles. The second kappa shape index (κ2) is 5.87. The first kappa shape index (κ1) is 14.3. The first-order chi connectivity index (χ1) is 9.52. The molecule has 1 aliphatic heterocycles. The van der Waals surface area contributed by atoms with Crippen molar-refractivity contribution in [2.24, 2.45) is 0 Å². The van der Waals surface area contributed by atoms with Gasteiger partial charge < -0.3 is 15.4 Å². The highest BCUT2D eigenvalue weighted by Gasteiger charge is 2.26. The van der Waals surface area contributed by atoms with Crippen LogP contribution in [-0.4, -0.2) is 42.0 Å². The molecule has 1 saturated heterocycles. The molecule has 1 fully saturated rings. The minimum atomic E-state index is -0.583. The number of rotatable bonds is 3. The first-order valence-electron chi connectivity index (χ1n) is 6.40. The molecule has 2 N–H and O–H groups in total. The van der Waals surface area contributed by atoms with Crippen LogP contribution in [0.5, 0.6) is 0 Å². The summed E-state index contributed by atoms with van der Waals surface area (Å²) < 4.78 is 5.26. The predicted octanol–water partition coefficient (Wildman–Crippen LogP) is 1.43. The van der Waals surface area contributed by atoms with Crippen molar-refractivity contribution < 1.29 is 14.5 Å². The minimum Gasteiger partial charge on any atom is -0.393 e. The number of ether oxygens (including phenoxy) is 1. The van der Waals surface area contributed by atoms with E-state index in [1.54, 1.807) is 11.9 Å². The first-order valence-corrected chi connectivity index (χ1v) is 6.40. The molecule has 0 aliphatic carbocycles. The molecule has 0 spiro atoms. The highest BCUT2D eigenvalue weighted by molar-refractivity contribution is 6.01.